The molecule has 2 atom stereocenters. The van der Waals surface area contributed by atoms with Crippen molar-refractivity contribution in [2.24, 2.45) is 8.80 Å². The number of hydrogen-bond donors (Lipinski definition) is 3. The van der Waals surface area contributed by atoms with E-state index in [1.54, 1.807) is 23.1 Å². The van der Waals surface area contributed by atoms with Crippen LogP contribution in [0.1, 0.15) is 41.7 Å². The van der Waals surface area contributed by atoms with Crippen molar-refractivity contribution in [2.75, 3.05) is 18.4 Å². The maximum atomic E-state index is 12.8. The molecule has 8 nitrogen and oxygen atoms in total. The average molecular weight is 452 g/mol. The maximum Gasteiger partial charge on any atom is 0.269 e. The normalized spacial score (nSPS) is 18.7. The lowest BCUT2D eigenvalue weighted by molar-refractivity contribution is 0.0790. The fourth-order valence-corrected chi connectivity index (χ4v) is 4.37. The molecule has 2 aliphatic heterocycles. The van der Waals surface area contributed by atoms with Gasteiger partial charge in [-0.3, -0.25) is 4.79 Å². The second kappa shape index (κ2) is 9.35. The van der Waals surface area contributed by atoms with Crippen molar-refractivity contribution in [3.05, 3.63) is 71.8 Å². The number of aromatic hydroxyl groups is 1. The number of para-hydroxylation sites is 1. The van der Waals surface area contributed by atoms with Crippen molar-refractivity contribution in [2.45, 2.75) is 25.8 Å². The lowest BCUT2D eigenvalue weighted by atomic mass is 10.0. The Bertz CT molecular complexity index is 1120. The number of amides is 1. The van der Waals surface area contributed by atoms with E-state index in [4.69, 9.17) is 0 Å². The van der Waals surface area contributed by atoms with E-state index in [2.05, 4.69) is 26.0 Å². The van der Waals surface area contributed by atoms with Gasteiger partial charge in [0.05, 0.1) is 17.3 Å². The molecular formula is C23H25N5O3S. The van der Waals surface area contributed by atoms with Gasteiger partial charge in [0.1, 0.15) is 0 Å². The van der Waals surface area contributed by atoms with Gasteiger partial charge in [-0.15, -0.1) is 8.80 Å². The van der Waals surface area contributed by atoms with Gasteiger partial charge in [0, 0.05) is 13.1 Å². The van der Waals surface area contributed by atoms with Crippen molar-refractivity contribution in [3.8, 4) is 5.75 Å². The van der Waals surface area contributed by atoms with E-state index in [0.29, 0.717) is 13.1 Å². The fourth-order valence-electron chi connectivity index (χ4n) is 3.75. The van der Waals surface area contributed by atoms with Gasteiger partial charge in [-0.2, -0.15) is 0 Å². The van der Waals surface area contributed by atoms with Gasteiger partial charge < -0.3 is 20.6 Å². The first-order valence-electron chi connectivity index (χ1n) is 10.4. The molecule has 1 fully saturated rings. The van der Waals surface area contributed by atoms with Crippen LogP contribution in [0.5, 0.6) is 5.75 Å². The molecular weight excluding hydrogens is 426 g/mol. The summed E-state index contributed by atoms with van der Waals surface area (Å²) in [6.45, 7) is 7.31. The summed E-state index contributed by atoms with van der Waals surface area (Å²) >= 11 is -1.80. The smallest absolute Gasteiger partial charge is 0.269 e. The Kier molecular flexibility index (Phi) is 6.36. The number of carbonyl (C=O) groups excluding carboxylic acids is 1. The molecule has 0 radical (unpaired) electrons. The molecule has 1 amide bonds. The summed E-state index contributed by atoms with van der Waals surface area (Å²) in [7, 11) is 0. The number of likely N-dealkylation sites (tertiary alicyclic amines) is 1. The van der Waals surface area contributed by atoms with E-state index in [0.717, 1.165) is 24.0 Å². The third kappa shape index (κ3) is 4.57. The molecule has 2 aromatic rings. The number of nitrogens with one attached hydrogen (secondary N) is 2. The van der Waals surface area contributed by atoms with Gasteiger partial charge in [-0.1, -0.05) is 48.6 Å². The molecule has 3 N–H and O–H groups in total. The Balaban J connectivity index is 1.56. The van der Waals surface area contributed by atoms with Crippen molar-refractivity contribution in [1.29, 1.82) is 0 Å². The van der Waals surface area contributed by atoms with Crippen LogP contribution in [0.4, 0.5) is 5.69 Å². The zero-order valence-corrected chi connectivity index (χ0v) is 18.6. The quantitative estimate of drug-likeness (QED) is 0.478. The highest BCUT2D eigenvalue weighted by molar-refractivity contribution is 7.83. The molecule has 4 rings (SSSR count). The van der Waals surface area contributed by atoms with E-state index in [1.807, 2.05) is 37.3 Å². The highest BCUT2D eigenvalue weighted by Gasteiger charge is 2.26. The molecule has 32 heavy (non-hydrogen) atoms. The Hall–Kier alpha value is -3.46. The second-order valence-electron chi connectivity index (χ2n) is 7.77. The predicted octanol–water partition coefficient (Wildman–Crippen LogP) is 3.34. The van der Waals surface area contributed by atoms with Crippen LogP contribution in [0.25, 0.3) is 0 Å². The summed E-state index contributed by atoms with van der Waals surface area (Å²) in [6.07, 6.45) is 1.92. The van der Waals surface area contributed by atoms with Crippen LogP contribution in [0.15, 0.2) is 69.5 Å². The number of benzene rings is 2. The molecule has 9 heteroatoms. The number of phenols is 1. The first kappa shape index (κ1) is 21.8. The van der Waals surface area contributed by atoms with Gasteiger partial charge in [0.2, 0.25) is 0 Å². The average Bonchev–Trinajstić information content (AvgIpc) is 3.43. The number of hydrogen-bond acceptors (Lipinski definition) is 5. The molecule has 0 aromatic heterocycles. The maximum absolute atomic E-state index is 12.8. The van der Waals surface area contributed by atoms with Crippen molar-refractivity contribution < 1.29 is 14.1 Å². The number of carbonyl (C=O) groups is 1. The van der Waals surface area contributed by atoms with E-state index in [1.165, 1.54) is 0 Å². The van der Waals surface area contributed by atoms with Gasteiger partial charge in [-0.05, 0) is 37.5 Å². The van der Waals surface area contributed by atoms with Crippen LogP contribution < -0.4 is 10.6 Å². The molecule has 2 aliphatic rings. The molecule has 2 heterocycles. The first-order chi connectivity index (χ1) is 15.4. The van der Waals surface area contributed by atoms with Gasteiger partial charge >= 0.3 is 0 Å². The Morgan fingerprint density at radius 2 is 1.78 bits per heavy atom. The topological polar surface area (TPSA) is 106 Å². The molecule has 1 saturated heterocycles. The van der Waals surface area contributed by atoms with Crippen LogP contribution in [0.3, 0.4) is 0 Å². The third-order valence-corrected chi connectivity index (χ3v) is 6.06. The van der Waals surface area contributed by atoms with Gasteiger partial charge in [-0.25, -0.2) is 4.21 Å². The summed E-state index contributed by atoms with van der Waals surface area (Å²) < 4.78 is 20.2. The van der Waals surface area contributed by atoms with Gasteiger partial charge in [0.15, 0.2) is 17.4 Å². The van der Waals surface area contributed by atoms with E-state index in [-0.39, 0.29) is 40.6 Å². The molecule has 0 saturated carbocycles. The summed E-state index contributed by atoms with van der Waals surface area (Å²) in [6, 6.07) is 14.3. The largest absolute Gasteiger partial charge is 0.505 e. The monoisotopic (exact) mass is 451 g/mol. The van der Waals surface area contributed by atoms with E-state index in [9.17, 15) is 14.1 Å². The van der Waals surface area contributed by atoms with Gasteiger partial charge in [0.25, 0.3) is 17.1 Å². The lowest BCUT2D eigenvalue weighted by Gasteiger charge is -2.21. The Morgan fingerprint density at radius 1 is 1.09 bits per heavy atom. The van der Waals surface area contributed by atoms with Crippen LogP contribution in [-0.2, 0) is 11.2 Å². The summed E-state index contributed by atoms with van der Waals surface area (Å²) in [4.78, 5) is 14.5. The Morgan fingerprint density at radius 3 is 2.47 bits per heavy atom. The minimum atomic E-state index is -1.80. The SMILES string of the molecule is C=C(C)[C@@H](NC1=NS(=O)N=C1Nc1cccc(C(=O)N2CCCC2)c1O)c1ccccc1. The molecule has 0 spiro atoms. The zero-order chi connectivity index (χ0) is 22.7. The first-order valence-corrected chi connectivity index (χ1v) is 11.5. The molecule has 2 aromatic carbocycles. The standard InChI is InChI=1S/C23H25N5O3S/c1-15(2)19(16-9-4-3-5-10-16)25-22-21(26-32(31)27-22)24-18-12-8-11-17(20(18)29)23(30)28-13-6-7-14-28/h3-5,8-12,19,29H,1,6-7,13-14H2,2H3,(H,24,26)(H,25,27)/t19-,32?/m1/s1. The fraction of sp³-hybridized carbons (Fsp3) is 0.261. The van der Waals surface area contributed by atoms with E-state index < -0.39 is 11.2 Å². The number of anilines is 1. The lowest BCUT2D eigenvalue weighted by Crippen LogP contribution is -2.37. The highest BCUT2D eigenvalue weighted by Crippen LogP contribution is 2.30. The van der Waals surface area contributed by atoms with E-state index >= 15 is 0 Å². The summed E-state index contributed by atoms with van der Waals surface area (Å²) in [5.74, 6) is 0.116. The zero-order valence-electron chi connectivity index (χ0n) is 17.7. The molecule has 0 bridgehead atoms. The summed E-state index contributed by atoms with van der Waals surface area (Å²) in [5.41, 5.74) is 2.32. The van der Waals surface area contributed by atoms with Crippen molar-refractivity contribution in [3.63, 3.8) is 0 Å². The number of rotatable bonds is 5. The van der Waals surface area contributed by atoms with Crippen molar-refractivity contribution >= 4 is 34.4 Å². The second-order valence-corrected chi connectivity index (χ2v) is 8.60. The van der Waals surface area contributed by atoms with Crippen LogP contribution in [-0.4, -0.2) is 44.9 Å². The minimum absolute atomic E-state index is 0.177. The number of nitrogens with zero attached hydrogens (tertiary/aromatic N) is 3. The highest BCUT2D eigenvalue weighted by atomic mass is 32.2. The van der Waals surface area contributed by atoms with Crippen LogP contribution in [0.2, 0.25) is 0 Å². The van der Waals surface area contributed by atoms with Crippen LogP contribution in [0, 0.1) is 0 Å². The number of phenolic OH excluding ortho intramolecular Hbond substituents is 1. The molecule has 0 aliphatic carbocycles. The Labute approximate surface area is 189 Å². The minimum Gasteiger partial charge on any atom is -0.505 e. The number of amidine groups is 2. The predicted molar refractivity (Wildman–Crippen MR) is 127 cm³/mol. The molecule has 1 unspecified atom stereocenters. The van der Waals surface area contributed by atoms with Crippen molar-refractivity contribution in [1.82, 2.24) is 10.2 Å². The summed E-state index contributed by atoms with van der Waals surface area (Å²) in [5, 5.41) is 17.0. The molecule has 166 valence electrons. The third-order valence-electron chi connectivity index (χ3n) is 5.38. The van der Waals surface area contributed by atoms with Crippen LogP contribution >= 0.6 is 0 Å².